The maximum absolute atomic E-state index is 13.7. The van der Waals surface area contributed by atoms with E-state index in [9.17, 15) is 4.39 Å². The van der Waals surface area contributed by atoms with E-state index in [-0.39, 0.29) is 22.3 Å². The molecule has 2 atom stereocenters. The van der Waals surface area contributed by atoms with Gasteiger partial charge in [-0.05, 0) is 55.0 Å². The van der Waals surface area contributed by atoms with E-state index in [0.29, 0.717) is 5.92 Å². The lowest BCUT2D eigenvalue weighted by Gasteiger charge is -2.47. The van der Waals surface area contributed by atoms with Gasteiger partial charge in [-0.2, -0.15) is 0 Å². The van der Waals surface area contributed by atoms with E-state index in [2.05, 4.69) is 38.7 Å². The van der Waals surface area contributed by atoms with Crippen LogP contribution in [0.2, 0.25) is 5.02 Å². The summed E-state index contributed by atoms with van der Waals surface area (Å²) in [6.07, 6.45) is 4.96. The minimum absolute atomic E-state index is 0.00352. The first kappa shape index (κ1) is 19.2. The second kappa shape index (κ2) is 7.56. The molecule has 2 nitrogen and oxygen atoms in total. The van der Waals surface area contributed by atoms with Crippen LogP contribution in [0.3, 0.4) is 0 Å². The van der Waals surface area contributed by atoms with Crippen molar-refractivity contribution < 1.29 is 4.39 Å². The molecule has 0 fully saturated rings. The van der Waals surface area contributed by atoms with Crippen molar-refractivity contribution in [2.45, 2.75) is 58.4 Å². The van der Waals surface area contributed by atoms with Gasteiger partial charge in [0.05, 0.1) is 22.4 Å². The van der Waals surface area contributed by atoms with Crippen molar-refractivity contribution >= 4 is 17.3 Å². The fraction of sp³-hybridized carbons (Fsp3) is 0.500. The van der Waals surface area contributed by atoms with E-state index < -0.39 is 0 Å². The predicted molar refractivity (Wildman–Crippen MR) is 107 cm³/mol. The van der Waals surface area contributed by atoms with Crippen LogP contribution in [0.25, 0.3) is 0 Å². The third-order valence-corrected chi connectivity index (χ3v) is 6.03. The Morgan fingerprint density at radius 3 is 2.77 bits per heavy atom. The Morgan fingerprint density at radius 1 is 1.35 bits per heavy atom. The molecule has 0 N–H and O–H groups in total. The average molecular weight is 375 g/mol. The molecule has 1 aromatic heterocycles. The van der Waals surface area contributed by atoms with Gasteiger partial charge in [0.2, 0.25) is 0 Å². The third-order valence-electron chi connectivity index (χ3n) is 5.74. The van der Waals surface area contributed by atoms with E-state index in [1.54, 1.807) is 6.07 Å². The highest BCUT2D eigenvalue weighted by Gasteiger charge is 2.41. The number of hydrogen-bond acceptors (Lipinski definition) is 2. The van der Waals surface area contributed by atoms with Gasteiger partial charge in [0.1, 0.15) is 5.82 Å². The van der Waals surface area contributed by atoms with Crippen molar-refractivity contribution in [1.29, 1.82) is 0 Å². The van der Waals surface area contributed by atoms with Crippen molar-refractivity contribution in [1.82, 2.24) is 4.98 Å². The summed E-state index contributed by atoms with van der Waals surface area (Å²) in [5.41, 5.74) is 3.45. The molecule has 26 heavy (non-hydrogen) atoms. The molecule has 1 aromatic carbocycles. The van der Waals surface area contributed by atoms with Crippen molar-refractivity contribution in [3.8, 4) is 0 Å². The molecule has 2 unspecified atom stereocenters. The highest BCUT2D eigenvalue weighted by Crippen LogP contribution is 2.49. The summed E-state index contributed by atoms with van der Waals surface area (Å²) in [4.78, 5) is 7.20. The van der Waals surface area contributed by atoms with Gasteiger partial charge in [-0.1, -0.05) is 45.4 Å². The largest absolute Gasteiger partial charge is 0.363 e. The fourth-order valence-corrected chi connectivity index (χ4v) is 4.09. The molecule has 1 aliphatic rings. The fourth-order valence-electron chi connectivity index (χ4n) is 3.90. The second-order valence-electron chi connectivity index (χ2n) is 8.05. The van der Waals surface area contributed by atoms with E-state index in [1.807, 2.05) is 18.3 Å². The minimum atomic E-state index is -0.361. The Morgan fingerprint density at radius 2 is 2.12 bits per heavy atom. The molecule has 0 saturated heterocycles. The van der Waals surface area contributed by atoms with Crippen LogP contribution in [-0.2, 0) is 5.41 Å². The van der Waals surface area contributed by atoms with Gasteiger partial charge in [0.25, 0.3) is 0 Å². The zero-order chi connectivity index (χ0) is 18.9. The van der Waals surface area contributed by atoms with Gasteiger partial charge in [0, 0.05) is 18.2 Å². The second-order valence-corrected chi connectivity index (χ2v) is 8.46. The van der Waals surface area contributed by atoms with Crippen molar-refractivity contribution in [3.63, 3.8) is 0 Å². The summed E-state index contributed by atoms with van der Waals surface area (Å²) in [6.45, 7) is 9.95. The third kappa shape index (κ3) is 3.59. The highest BCUT2D eigenvalue weighted by molar-refractivity contribution is 6.30. The molecule has 0 amide bonds. The predicted octanol–water partition coefficient (Wildman–Crippen LogP) is 6.54. The molecule has 2 aromatic rings. The maximum atomic E-state index is 13.7. The normalized spacial score (nSPS) is 22.6. The van der Waals surface area contributed by atoms with Crippen LogP contribution in [0.5, 0.6) is 0 Å². The van der Waals surface area contributed by atoms with Crippen LogP contribution < -0.4 is 4.90 Å². The first-order valence-electron chi connectivity index (χ1n) is 9.53. The summed E-state index contributed by atoms with van der Waals surface area (Å²) in [5.74, 6) is 0.257. The van der Waals surface area contributed by atoms with Gasteiger partial charge < -0.3 is 4.90 Å². The first-order valence-corrected chi connectivity index (χ1v) is 9.90. The van der Waals surface area contributed by atoms with Crippen molar-refractivity contribution in [2.24, 2.45) is 5.92 Å². The Kier molecular flexibility index (Phi) is 5.57. The van der Waals surface area contributed by atoms with Gasteiger partial charge in [-0.25, -0.2) is 4.39 Å². The minimum Gasteiger partial charge on any atom is -0.363 e. The highest BCUT2D eigenvalue weighted by atomic mass is 35.5. The van der Waals surface area contributed by atoms with Crippen LogP contribution >= 0.6 is 11.6 Å². The molecule has 1 aliphatic heterocycles. The van der Waals surface area contributed by atoms with E-state index >= 15 is 0 Å². The molecule has 0 aliphatic carbocycles. The Hall–Kier alpha value is -1.61. The Balaban J connectivity index is 2.09. The Labute approximate surface area is 161 Å². The monoisotopic (exact) mass is 374 g/mol. The van der Waals surface area contributed by atoms with Crippen LogP contribution in [0, 0.1) is 11.7 Å². The van der Waals surface area contributed by atoms with Crippen molar-refractivity contribution in [2.75, 3.05) is 11.4 Å². The molecule has 0 bridgehead atoms. The van der Waals surface area contributed by atoms with Gasteiger partial charge >= 0.3 is 0 Å². The standard InChI is InChI=1S/C22H28ClFN2/c1-5-22(4)14-20(16-8-9-18(24)17(23)13-16)26(12-10-15(2)3)19-7-6-11-25-21(19)22/h6-9,11,13,15,20H,5,10,12,14H2,1-4H3. The molecule has 3 rings (SSSR count). The number of halogens is 2. The van der Waals surface area contributed by atoms with Crippen molar-refractivity contribution in [3.05, 3.63) is 58.6 Å². The summed E-state index contributed by atoms with van der Waals surface area (Å²) < 4.78 is 13.7. The molecule has 140 valence electrons. The lowest BCUT2D eigenvalue weighted by molar-refractivity contribution is 0.334. The topological polar surface area (TPSA) is 16.1 Å². The van der Waals surface area contributed by atoms with Crippen LogP contribution in [0.15, 0.2) is 36.5 Å². The molecule has 0 radical (unpaired) electrons. The maximum Gasteiger partial charge on any atom is 0.141 e. The van der Waals surface area contributed by atoms with Gasteiger partial charge in [-0.15, -0.1) is 0 Å². The number of rotatable bonds is 5. The lowest BCUT2D eigenvalue weighted by atomic mass is 9.72. The summed E-state index contributed by atoms with van der Waals surface area (Å²) in [6, 6.07) is 9.52. The number of nitrogens with zero attached hydrogens (tertiary/aromatic N) is 2. The summed E-state index contributed by atoms with van der Waals surface area (Å²) in [5, 5.41) is 0.196. The molecule has 4 heteroatoms. The quantitative estimate of drug-likeness (QED) is 0.590. The molecule has 2 heterocycles. The number of aromatic nitrogens is 1. The number of benzene rings is 1. The van der Waals surface area contributed by atoms with Crippen LogP contribution in [0.1, 0.15) is 64.3 Å². The zero-order valence-corrected chi connectivity index (χ0v) is 16.9. The smallest absolute Gasteiger partial charge is 0.141 e. The molecule has 0 saturated carbocycles. The number of pyridine rings is 1. The molecular weight excluding hydrogens is 347 g/mol. The zero-order valence-electron chi connectivity index (χ0n) is 16.1. The van der Waals surface area contributed by atoms with Crippen LogP contribution in [0.4, 0.5) is 10.1 Å². The van der Waals surface area contributed by atoms with E-state index in [1.165, 1.54) is 17.4 Å². The average Bonchev–Trinajstić information content (AvgIpc) is 2.63. The SMILES string of the molecule is CCC1(C)CC(c2ccc(F)c(Cl)c2)N(CCC(C)C)c2cccnc21. The van der Waals surface area contributed by atoms with E-state index in [4.69, 9.17) is 16.6 Å². The molecular formula is C22H28ClFN2. The number of anilines is 1. The molecule has 0 spiro atoms. The van der Waals surface area contributed by atoms with Gasteiger partial charge in [0.15, 0.2) is 0 Å². The van der Waals surface area contributed by atoms with Gasteiger partial charge in [-0.3, -0.25) is 4.98 Å². The number of fused-ring (bicyclic) bond motifs is 1. The van der Waals surface area contributed by atoms with Crippen LogP contribution in [-0.4, -0.2) is 11.5 Å². The number of hydrogen-bond donors (Lipinski definition) is 0. The van der Waals surface area contributed by atoms with E-state index in [0.717, 1.165) is 31.4 Å². The summed E-state index contributed by atoms with van der Waals surface area (Å²) >= 11 is 6.11. The lowest BCUT2D eigenvalue weighted by Crippen LogP contribution is -2.42. The first-order chi connectivity index (χ1) is 12.4. The summed E-state index contributed by atoms with van der Waals surface area (Å²) in [7, 11) is 0. The Bertz CT molecular complexity index is 776.